The van der Waals surface area contributed by atoms with Crippen LogP contribution in [-0.4, -0.2) is 61.8 Å². The number of alkyl carbamates (subject to hydrolysis) is 1. The Balaban J connectivity index is 1.45. The van der Waals surface area contributed by atoms with Gasteiger partial charge >= 0.3 is 6.09 Å². The number of hydrogen-bond donors (Lipinski definition) is 2. The van der Waals surface area contributed by atoms with E-state index in [1.165, 1.54) is 0 Å². The highest BCUT2D eigenvalue weighted by atomic mass is 16.6. The van der Waals surface area contributed by atoms with Gasteiger partial charge in [0.15, 0.2) is 0 Å². The topological polar surface area (TPSA) is 79.9 Å². The van der Waals surface area contributed by atoms with Crippen molar-refractivity contribution in [2.75, 3.05) is 32.8 Å². The van der Waals surface area contributed by atoms with Crippen molar-refractivity contribution in [1.29, 1.82) is 0 Å². The van der Waals surface area contributed by atoms with E-state index in [0.717, 1.165) is 19.5 Å². The number of rotatable bonds is 6. The van der Waals surface area contributed by atoms with E-state index in [1.807, 2.05) is 0 Å². The maximum atomic E-state index is 12.3. The second kappa shape index (κ2) is 7.90. The van der Waals surface area contributed by atoms with Crippen LogP contribution in [0.5, 0.6) is 5.75 Å². The quantitative estimate of drug-likeness (QED) is 0.740. The zero-order valence-electron chi connectivity index (χ0n) is 13.9. The molecule has 2 N–H and O–H groups in total. The Hall–Kier alpha value is -2.72. The van der Waals surface area contributed by atoms with Crippen LogP contribution < -0.4 is 15.4 Å². The molecular formula is C18H21N3O4. The summed E-state index contributed by atoms with van der Waals surface area (Å²) in [4.78, 5) is 25.6. The maximum Gasteiger partial charge on any atom is 0.407 e. The van der Waals surface area contributed by atoms with Gasteiger partial charge in [0.2, 0.25) is 0 Å². The molecule has 1 aromatic rings. The Morgan fingerprint density at radius 2 is 2.24 bits per heavy atom. The van der Waals surface area contributed by atoms with Crippen LogP contribution in [0.2, 0.25) is 0 Å². The van der Waals surface area contributed by atoms with Crippen molar-refractivity contribution >= 4 is 12.0 Å². The standard InChI is InChI=1S/C18H21N3O4/c1-2-9-24-15-5-3-13(4-6-15)17(22)20-14-7-8-21(11-14)12-16-10-19-18(23)25-16/h1,3-6,14,16H,7-12H2,(H,19,23)(H,20,22)/t14-,16?/m0/s1. The summed E-state index contributed by atoms with van der Waals surface area (Å²) >= 11 is 0. The number of ether oxygens (including phenoxy) is 2. The Labute approximate surface area is 146 Å². The van der Waals surface area contributed by atoms with Crippen molar-refractivity contribution < 1.29 is 19.1 Å². The number of amides is 2. The van der Waals surface area contributed by atoms with Crippen molar-refractivity contribution in [3.05, 3.63) is 29.8 Å². The molecule has 2 fully saturated rings. The van der Waals surface area contributed by atoms with E-state index >= 15 is 0 Å². The highest BCUT2D eigenvalue weighted by Crippen LogP contribution is 2.15. The average Bonchev–Trinajstić information content (AvgIpc) is 3.22. The lowest BCUT2D eigenvalue weighted by Crippen LogP contribution is -2.39. The Bertz CT molecular complexity index is 668. The van der Waals surface area contributed by atoms with Gasteiger partial charge < -0.3 is 20.1 Å². The molecule has 0 saturated carbocycles. The lowest BCUT2D eigenvalue weighted by Gasteiger charge is -2.19. The molecule has 2 amide bonds. The predicted molar refractivity (Wildman–Crippen MR) is 91.4 cm³/mol. The smallest absolute Gasteiger partial charge is 0.407 e. The second-order valence-electron chi connectivity index (χ2n) is 6.14. The average molecular weight is 343 g/mol. The zero-order chi connectivity index (χ0) is 17.6. The third kappa shape index (κ3) is 4.64. The van der Waals surface area contributed by atoms with E-state index < -0.39 is 0 Å². The molecule has 2 aliphatic heterocycles. The fraction of sp³-hybridized carbons (Fsp3) is 0.444. The van der Waals surface area contributed by atoms with Crippen LogP contribution in [0.15, 0.2) is 24.3 Å². The van der Waals surface area contributed by atoms with Crippen LogP contribution in [-0.2, 0) is 4.74 Å². The molecule has 1 aromatic carbocycles. The zero-order valence-corrected chi connectivity index (χ0v) is 13.9. The van der Waals surface area contributed by atoms with E-state index in [1.54, 1.807) is 24.3 Å². The largest absolute Gasteiger partial charge is 0.481 e. The molecule has 2 heterocycles. The van der Waals surface area contributed by atoms with Crippen molar-refractivity contribution in [2.24, 2.45) is 0 Å². The first kappa shape index (κ1) is 17.1. The summed E-state index contributed by atoms with van der Waals surface area (Å²) in [6.45, 7) is 3.06. The minimum Gasteiger partial charge on any atom is -0.481 e. The lowest BCUT2D eigenvalue weighted by atomic mass is 10.2. The summed E-state index contributed by atoms with van der Waals surface area (Å²) in [5.74, 6) is 2.93. The molecule has 2 aliphatic rings. The summed E-state index contributed by atoms with van der Waals surface area (Å²) in [6, 6.07) is 6.99. The van der Waals surface area contributed by atoms with E-state index in [0.29, 0.717) is 24.4 Å². The van der Waals surface area contributed by atoms with Crippen LogP contribution >= 0.6 is 0 Å². The van der Waals surface area contributed by atoms with Gasteiger partial charge in [0.1, 0.15) is 18.5 Å². The number of nitrogens with zero attached hydrogens (tertiary/aromatic N) is 1. The highest BCUT2D eigenvalue weighted by Gasteiger charge is 2.29. The van der Waals surface area contributed by atoms with Gasteiger partial charge in [-0.2, -0.15) is 0 Å². The summed E-state index contributed by atoms with van der Waals surface area (Å²) in [6.07, 6.45) is 5.55. The molecule has 7 nitrogen and oxygen atoms in total. The molecule has 132 valence electrons. The molecule has 25 heavy (non-hydrogen) atoms. The molecule has 0 aromatic heterocycles. The Morgan fingerprint density at radius 1 is 1.44 bits per heavy atom. The third-order valence-electron chi connectivity index (χ3n) is 4.26. The third-order valence-corrected chi connectivity index (χ3v) is 4.26. The molecule has 0 radical (unpaired) electrons. The number of likely N-dealkylation sites (tertiary alicyclic amines) is 1. The molecule has 0 aliphatic carbocycles. The number of terminal acetylenes is 1. The normalized spacial score (nSPS) is 22.8. The summed E-state index contributed by atoms with van der Waals surface area (Å²) in [5, 5.41) is 5.69. The monoisotopic (exact) mass is 343 g/mol. The molecule has 0 bridgehead atoms. The van der Waals surface area contributed by atoms with Crippen LogP contribution in [0.3, 0.4) is 0 Å². The van der Waals surface area contributed by atoms with Gasteiger partial charge in [0.25, 0.3) is 5.91 Å². The molecule has 1 unspecified atom stereocenters. The fourth-order valence-electron chi connectivity index (χ4n) is 3.03. The van der Waals surface area contributed by atoms with Crippen LogP contribution in [0.1, 0.15) is 16.8 Å². The molecule has 3 rings (SSSR count). The molecule has 7 heteroatoms. The molecule has 2 saturated heterocycles. The van der Waals surface area contributed by atoms with E-state index in [9.17, 15) is 9.59 Å². The number of cyclic esters (lactones) is 1. The molecular weight excluding hydrogens is 322 g/mol. The number of nitrogens with one attached hydrogen (secondary N) is 2. The number of carbonyl (C=O) groups excluding carboxylic acids is 2. The molecule has 2 atom stereocenters. The summed E-state index contributed by atoms with van der Waals surface area (Å²) in [5.41, 5.74) is 0.584. The SMILES string of the molecule is C#CCOc1ccc(C(=O)N[C@H]2CCN(CC3CNC(=O)O3)C2)cc1. The van der Waals surface area contributed by atoms with E-state index in [4.69, 9.17) is 15.9 Å². The van der Waals surface area contributed by atoms with Gasteiger partial charge in [-0.1, -0.05) is 5.92 Å². The molecule has 0 spiro atoms. The summed E-state index contributed by atoms with van der Waals surface area (Å²) in [7, 11) is 0. The van der Waals surface area contributed by atoms with Crippen LogP contribution in [0.4, 0.5) is 4.79 Å². The number of benzene rings is 1. The van der Waals surface area contributed by atoms with Crippen LogP contribution in [0, 0.1) is 12.3 Å². The first-order valence-corrected chi connectivity index (χ1v) is 8.28. The highest BCUT2D eigenvalue weighted by molar-refractivity contribution is 5.94. The fourth-order valence-corrected chi connectivity index (χ4v) is 3.03. The first-order valence-electron chi connectivity index (χ1n) is 8.28. The van der Waals surface area contributed by atoms with Gasteiger partial charge in [0, 0.05) is 31.2 Å². The van der Waals surface area contributed by atoms with Crippen molar-refractivity contribution in [3.63, 3.8) is 0 Å². The maximum absolute atomic E-state index is 12.3. The first-order chi connectivity index (χ1) is 12.1. The minimum atomic E-state index is -0.358. The van der Waals surface area contributed by atoms with Gasteiger partial charge in [-0.15, -0.1) is 6.42 Å². The Kier molecular flexibility index (Phi) is 5.41. The second-order valence-corrected chi connectivity index (χ2v) is 6.14. The van der Waals surface area contributed by atoms with Crippen LogP contribution in [0.25, 0.3) is 0 Å². The van der Waals surface area contributed by atoms with Crippen molar-refractivity contribution in [1.82, 2.24) is 15.5 Å². The predicted octanol–water partition coefficient (Wildman–Crippen LogP) is 0.611. The lowest BCUT2D eigenvalue weighted by molar-refractivity contribution is 0.0935. The van der Waals surface area contributed by atoms with Gasteiger partial charge in [-0.3, -0.25) is 9.69 Å². The van der Waals surface area contributed by atoms with Crippen molar-refractivity contribution in [2.45, 2.75) is 18.6 Å². The van der Waals surface area contributed by atoms with Gasteiger partial charge in [0.05, 0.1) is 6.54 Å². The van der Waals surface area contributed by atoms with Gasteiger partial charge in [-0.05, 0) is 30.7 Å². The Morgan fingerprint density at radius 3 is 2.92 bits per heavy atom. The number of hydrogen-bond acceptors (Lipinski definition) is 5. The number of carbonyl (C=O) groups is 2. The van der Waals surface area contributed by atoms with Gasteiger partial charge in [-0.25, -0.2) is 4.79 Å². The minimum absolute atomic E-state index is 0.0925. The van der Waals surface area contributed by atoms with E-state index in [-0.39, 0.29) is 30.8 Å². The van der Waals surface area contributed by atoms with Crippen molar-refractivity contribution in [3.8, 4) is 18.1 Å². The van der Waals surface area contributed by atoms with E-state index in [2.05, 4.69) is 21.5 Å². The summed E-state index contributed by atoms with van der Waals surface area (Å²) < 4.78 is 10.4.